The first-order chi connectivity index (χ1) is 17.4. The third-order valence-corrected chi connectivity index (χ3v) is 7.42. The standard InChI is InChI=1S/C28H27F2N3O3/c1-16-27(19-11-20(29)14-21(30)12-19)36-28(35)33(16)15-24-22(6-8-26(31-24)32-9-2-10-32)23-13-18(17-3-4-17)5-7-25(23)34/h5-8,11-14,16-17,27,34H,2-4,9-10,15H2,1H3/t16-,27-/m0/s1. The Labute approximate surface area is 208 Å². The zero-order valence-corrected chi connectivity index (χ0v) is 20.0. The van der Waals surface area contributed by atoms with Crippen LogP contribution >= 0.6 is 0 Å². The van der Waals surface area contributed by atoms with Crippen LogP contribution in [0.25, 0.3) is 11.1 Å². The molecule has 0 bridgehead atoms. The summed E-state index contributed by atoms with van der Waals surface area (Å²) in [5.74, 6) is 0.0566. The van der Waals surface area contributed by atoms with Crippen molar-refractivity contribution in [2.24, 2.45) is 0 Å². The van der Waals surface area contributed by atoms with Gasteiger partial charge in [-0.1, -0.05) is 6.07 Å². The molecule has 1 aliphatic carbocycles. The maximum atomic E-state index is 13.8. The van der Waals surface area contributed by atoms with Crippen molar-refractivity contribution in [2.75, 3.05) is 18.0 Å². The van der Waals surface area contributed by atoms with E-state index in [2.05, 4.69) is 4.90 Å². The number of cyclic esters (lactones) is 1. The molecule has 2 aromatic carbocycles. The first-order valence-corrected chi connectivity index (χ1v) is 12.4. The molecule has 3 fully saturated rings. The van der Waals surface area contributed by atoms with E-state index in [4.69, 9.17) is 9.72 Å². The number of carbonyl (C=O) groups is 1. The topological polar surface area (TPSA) is 65.9 Å². The summed E-state index contributed by atoms with van der Waals surface area (Å²) in [6, 6.07) is 12.3. The van der Waals surface area contributed by atoms with Gasteiger partial charge in [-0.25, -0.2) is 18.6 Å². The van der Waals surface area contributed by atoms with E-state index in [1.54, 1.807) is 13.0 Å². The molecule has 36 heavy (non-hydrogen) atoms. The molecule has 186 valence electrons. The van der Waals surface area contributed by atoms with E-state index in [1.165, 1.54) is 22.6 Å². The Bertz CT molecular complexity index is 1320. The molecule has 0 unspecified atom stereocenters. The minimum absolute atomic E-state index is 0.137. The zero-order chi connectivity index (χ0) is 25.0. The Morgan fingerprint density at radius 2 is 1.75 bits per heavy atom. The van der Waals surface area contributed by atoms with Crippen molar-refractivity contribution < 1.29 is 23.4 Å². The maximum Gasteiger partial charge on any atom is 0.411 e. The summed E-state index contributed by atoms with van der Waals surface area (Å²) in [6.45, 7) is 3.77. The smallest absolute Gasteiger partial charge is 0.411 e. The van der Waals surface area contributed by atoms with Gasteiger partial charge in [-0.2, -0.15) is 0 Å². The molecule has 0 radical (unpaired) electrons. The molecule has 1 saturated carbocycles. The van der Waals surface area contributed by atoms with Crippen molar-refractivity contribution in [2.45, 2.75) is 50.8 Å². The molecule has 2 aliphatic heterocycles. The SMILES string of the molecule is C[C@H]1[C@@H](c2cc(F)cc(F)c2)OC(=O)N1Cc1nc(N2CCC2)ccc1-c1cc(C2CC2)ccc1O. The van der Waals surface area contributed by atoms with E-state index in [1.807, 2.05) is 24.3 Å². The van der Waals surface area contributed by atoms with Crippen molar-refractivity contribution in [3.05, 3.63) is 77.0 Å². The van der Waals surface area contributed by atoms with Crippen LogP contribution in [0.5, 0.6) is 5.75 Å². The van der Waals surface area contributed by atoms with Crippen molar-refractivity contribution in [3.8, 4) is 16.9 Å². The highest BCUT2D eigenvalue weighted by molar-refractivity contribution is 5.76. The van der Waals surface area contributed by atoms with E-state index in [0.29, 0.717) is 17.2 Å². The number of aromatic hydroxyl groups is 1. The van der Waals surface area contributed by atoms with Gasteiger partial charge in [-0.15, -0.1) is 0 Å². The number of carbonyl (C=O) groups excluding carboxylic acids is 1. The summed E-state index contributed by atoms with van der Waals surface area (Å²) in [5, 5.41) is 10.7. The fourth-order valence-electron chi connectivity index (χ4n) is 5.08. The summed E-state index contributed by atoms with van der Waals surface area (Å²) in [7, 11) is 0. The Morgan fingerprint density at radius 3 is 2.42 bits per heavy atom. The van der Waals surface area contributed by atoms with Crippen molar-refractivity contribution in [3.63, 3.8) is 0 Å². The number of amides is 1. The van der Waals surface area contributed by atoms with Crippen LogP contribution in [-0.2, 0) is 11.3 Å². The van der Waals surface area contributed by atoms with Crippen molar-refractivity contribution >= 4 is 11.9 Å². The number of nitrogens with zero attached hydrogens (tertiary/aromatic N) is 3. The lowest BCUT2D eigenvalue weighted by atomic mass is 9.97. The molecule has 2 saturated heterocycles. The van der Waals surface area contributed by atoms with Gasteiger partial charge >= 0.3 is 6.09 Å². The number of halogens is 2. The quantitative estimate of drug-likeness (QED) is 0.465. The lowest BCUT2D eigenvalue weighted by molar-refractivity contribution is 0.130. The monoisotopic (exact) mass is 491 g/mol. The van der Waals surface area contributed by atoms with Crippen LogP contribution in [0.4, 0.5) is 19.4 Å². The number of aromatic nitrogens is 1. The number of phenols is 1. The number of benzene rings is 2. The second-order valence-corrected chi connectivity index (χ2v) is 9.93. The molecular formula is C28H27F2N3O3. The minimum atomic E-state index is -0.809. The highest BCUT2D eigenvalue weighted by Crippen LogP contribution is 2.44. The maximum absolute atomic E-state index is 13.8. The number of anilines is 1. The Balaban J connectivity index is 1.36. The van der Waals surface area contributed by atoms with E-state index in [0.717, 1.165) is 49.8 Å². The van der Waals surface area contributed by atoms with Gasteiger partial charge in [-0.3, -0.25) is 4.90 Å². The molecule has 1 aromatic heterocycles. The molecule has 6 nitrogen and oxygen atoms in total. The molecule has 1 N–H and O–H groups in total. The molecule has 6 rings (SSSR count). The van der Waals surface area contributed by atoms with Crippen LogP contribution in [-0.4, -0.2) is 40.2 Å². The summed E-state index contributed by atoms with van der Waals surface area (Å²) >= 11 is 0. The van der Waals surface area contributed by atoms with Crippen LogP contribution in [0.1, 0.15) is 55.0 Å². The number of rotatable bonds is 6. The summed E-state index contributed by atoms with van der Waals surface area (Å²) < 4.78 is 33.3. The average molecular weight is 492 g/mol. The third-order valence-electron chi connectivity index (χ3n) is 7.42. The molecule has 2 atom stereocenters. The highest BCUT2D eigenvalue weighted by Gasteiger charge is 2.40. The second-order valence-electron chi connectivity index (χ2n) is 9.93. The average Bonchev–Trinajstić information content (AvgIpc) is 3.61. The third kappa shape index (κ3) is 4.14. The number of hydrogen-bond acceptors (Lipinski definition) is 5. The largest absolute Gasteiger partial charge is 0.507 e. The van der Waals surface area contributed by atoms with Gasteiger partial charge in [0, 0.05) is 35.8 Å². The Kier molecular flexibility index (Phi) is 5.54. The molecule has 3 aliphatic rings. The van der Waals surface area contributed by atoms with Crippen LogP contribution in [0.3, 0.4) is 0 Å². The molecule has 8 heteroatoms. The fraction of sp³-hybridized carbons (Fsp3) is 0.357. The van der Waals surface area contributed by atoms with Gasteiger partial charge in [0.05, 0.1) is 18.3 Å². The van der Waals surface area contributed by atoms with E-state index < -0.39 is 29.9 Å². The Morgan fingerprint density at radius 1 is 1.00 bits per heavy atom. The lowest BCUT2D eigenvalue weighted by Crippen LogP contribution is -2.38. The predicted molar refractivity (Wildman–Crippen MR) is 131 cm³/mol. The molecule has 1 amide bonds. The molecular weight excluding hydrogens is 464 g/mol. The van der Waals surface area contributed by atoms with Gasteiger partial charge in [-0.05, 0) is 74.1 Å². The normalized spacial score (nSPS) is 21.5. The number of pyridine rings is 1. The predicted octanol–water partition coefficient (Wildman–Crippen LogP) is 5.90. The van der Waals surface area contributed by atoms with Gasteiger partial charge in [0.25, 0.3) is 0 Å². The lowest BCUT2D eigenvalue weighted by Gasteiger charge is -2.33. The summed E-state index contributed by atoms with van der Waals surface area (Å²) in [4.78, 5) is 21.5. The Hall–Kier alpha value is -3.68. The van der Waals surface area contributed by atoms with E-state index >= 15 is 0 Å². The second kappa shape index (κ2) is 8.76. The fourth-order valence-corrected chi connectivity index (χ4v) is 5.08. The van der Waals surface area contributed by atoms with Crippen LogP contribution in [0.2, 0.25) is 0 Å². The van der Waals surface area contributed by atoms with Gasteiger partial charge in [0.2, 0.25) is 0 Å². The number of ether oxygens (including phenoxy) is 1. The van der Waals surface area contributed by atoms with Gasteiger partial charge in [0.15, 0.2) is 0 Å². The first-order valence-electron chi connectivity index (χ1n) is 12.4. The minimum Gasteiger partial charge on any atom is -0.507 e. The number of hydrogen-bond donors (Lipinski definition) is 1. The zero-order valence-electron chi connectivity index (χ0n) is 20.0. The first kappa shape index (κ1) is 22.8. The van der Waals surface area contributed by atoms with Crippen LogP contribution < -0.4 is 4.90 Å². The molecule has 3 aromatic rings. The van der Waals surface area contributed by atoms with E-state index in [9.17, 15) is 18.7 Å². The van der Waals surface area contributed by atoms with Gasteiger partial charge in [0.1, 0.15) is 29.3 Å². The van der Waals surface area contributed by atoms with Crippen LogP contribution in [0, 0.1) is 11.6 Å². The summed E-state index contributed by atoms with van der Waals surface area (Å²) in [6.07, 6.45) is 2.00. The molecule has 3 heterocycles. The van der Waals surface area contributed by atoms with Crippen molar-refractivity contribution in [1.29, 1.82) is 0 Å². The molecule has 0 spiro atoms. The summed E-state index contributed by atoms with van der Waals surface area (Å²) in [5.41, 5.74) is 3.52. The number of phenolic OH excluding ortho intramolecular Hbond substituents is 1. The van der Waals surface area contributed by atoms with E-state index in [-0.39, 0.29) is 17.9 Å². The van der Waals surface area contributed by atoms with Crippen LogP contribution in [0.15, 0.2) is 48.5 Å². The van der Waals surface area contributed by atoms with Crippen molar-refractivity contribution in [1.82, 2.24) is 9.88 Å². The van der Waals surface area contributed by atoms with Gasteiger partial charge < -0.3 is 14.7 Å². The highest BCUT2D eigenvalue weighted by atomic mass is 19.1.